The molecule has 0 bridgehead atoms. The summed E-state index contributed by atoms with van der Waals surface area (Å²) in [5.41, 5.74) is 5.17. The number of aryl methyl sites for hydroxylation is 2. The van der Waals surface area contributed by atoms with Crippen LogP contribution in [0.3, 0.4) is 0 Å². The summed E-state index contributed by atoms with van der Waals surface area (Å²) >= 11 is 0. The van der Waals surface area contributed by atoms with E-state index < -0.39 is 0 Å². The van der Waals surface area contributed by atoms with E-state index in [0.29, 0.717) is 0 Å². The van der Waals surface area contributed by atoms with Gasteiger partial charge in [0, 0.05) is 11.8 Å². The Morgan fingerprint density at radius 2 is 1.34 bits per heavy atom. The molecule has 0 atom stereocenters. The van der Waals surface area contributed by atoms with Gasteiger partial charge in [0.15, 0.2) is 0 Å². The molecule has 2 aromatic rings. The van der Waals surface area contributed by atoms with Crippen LogP contribution in [0.15, 0.2) is 42.6 Å². The SMILES string of the molecule is CCCCCC1CCC(CCc2ccc(-c3ccc(CCCC)cn3)cc2)CC1. The first-order chi connectivity index (χ1) is 14.3. The first-order valence-corrected chi connectivity index (χ1v) is 12.3. The molecule has 29 heavy (non-hydrogen) atoms. The molecule has 0 saturated heterocycles. The molecule has 158 valence electrons. The number of hydrogen-bond acceptors (Lipinski definition) is 1. The molecule has 1 aliphatic rings. The van der Waals surface area contributed by atoms with Crippen molar-refractivity contribution in [3.8, 4) is 11.3 Å². The molecule has 0 radical (unpaired) electrons. The minimum Gasteiger partial charge on any atom is -0.256 e. The maximum Gasteiger partial charge on any atom is 0.0702 e. The van der Waals surface area contributed by atoms with E-state index in [4.69, 9.17) is 0 Å². The highest BCUT2D eigenvalue weighted by atomic mass is 14.7. The number of nitrogens with zero attached hydrogens (tertiary/aromatic N) is 1. The van der Waals surface area contributed by atoms with Crippen LogP contribution in [0.5, 0.6) is 0 Å². The van der Waals surface area contributed by atoms with Crippen molar-refractivity contribution in [1.29, 1.82) is 0 Å². The molecule has 0 amide bonds. The third-order valence-electron chi connectivity index (χ3n) is 6.92. The van der Waals surface area contributed by atoms with Gasteiger partial charge in [0.05, 0.1) is 5.69 Å². The molecule has 1 heterocycles. The number of aromatic nitrogens is 1. The van der Waals surface area contributed by atoms with Crippen molar-refractivity contribution >= 4 is 0 Å². The molecule has 1 aliphatic carbocycles. The molecule has 1 fully saturated rings. The predicted octanol–water partition coefficient (Wildman–Crippen LogP) is 8.41. The molecule has 0 spiro atoms. The molecule has 1 heteroatoms. The smallest absolute Gasteiger partial charge is 0.0702 e. The summed E-state index contributed by atoms with van der Waals surface area (Å²) in [4.78, 5) is 4.68. The lowest BCUT2D eigenvalue weighted by Gasteiger charge is -2.28. The molecule has 0 unspecified atom stereocenters. The van der Waals surface area contributed by atoms with Gasteiger partial charge in [0.25, 0.3) is 0 Å². The molecule has 3 rings (SSSR count). The second-order valence-electron chi connectivity index (χ2n) is 9.27. The van der Waals surface area contributed by atoms with Crippen molar-refractivity contribution < 1.29 is 0 Å². The van der Waals surface area contributed by atoms with Gasteiger partial charge < -0.3 is 0 Å². The van der Waals surface area contributed by atoms with Crippen LogP contribution in [0.1, 0.15) is 95.6 Å². The predicted molar refractivity (Wildman–Crippen MR) is 126 cm³/mol. The van der Waals surface area contributed by atoms with Gasteiger partial charge in [-0.05, 0) is 54.7 Å². The van der Waals surface area contributed by atoms with Gasteiger partial charge in [-0.25, -0.2) is 0 Å². The van der Waals surface area contributed by atoms with Crippen LogP contribution >= 0.6 is 0 Å². The van der Waals surface area contributed by atoms with Crippen molar-refractivity contribution in [2.45, 2.75) is 97.3 Å². The molecule has 1 aromatic heterocycles. The van der Waals surface area contributed by atoms with Crippen LogP contribution in [-0.2, 0) is 12.8 Å². The Labute approximate surface area is 179 Å². The summed E-state index contributed by atoms with van der Waals surface area (Å²) < 4.78 is 0. The molecule has 0 aliphatic heterocycles. The zero-order valence-corrected chi connectivity index (χ0v) is 18.8. The van der Waals surface area contributed by atoms with Crippen molar-refractivity contribution in [2.24, 2.45) is 11.8 Å². The van der Waals surface area contributed by atoms with Crippen LogP contribution in [-0.4, -0.2) is 4.98 Å². The Kier molecular flexibility index (Phi) is 9.25. The molecule has 1 saturated carbocycles. The van der Waals surface area contributed by atoms with E-state index in [1.54, 1.807) is 0 Å². The highest BCUT2D eigenvalue weighted by molar-refractivity contribution is 5.59. The Morgan fingerprint density at radius 1 is 0.690 bits per heavy atom. The summed E-state index contributed by atoms with van der Waals surface area (Å²) in [6, 6.07) is 13.6. The van der Waals surface area contributed by atoms with E-state index in [1.165, 1.54) is 93.7 Å². The van der Waals surface area contributed by atoms with Gasteiger partial charge in [0.2, 0.25) is 0 Å². The Hall–Kier alpha value is -1.63. The second-order valence-corrected chi connectivity index (χ2v) is 9.27. The number of unbranched alkanes of at least 4 members (excludes halogenated alkanes) is 3. The van der Waals surface area contributed by atoms with Gasteiger partial charge in [-0.2, -0.15) is 0 Å². The maximum atomic E-state index is 4.68. The van der Waals surface area contributed by atoms with Gasteiger partial charge in [-0.15, -0.1) is 0 Å². The lowest BCUT2D eigenvalue weighted by molar-refractivity contribution is 0.249. The summed E-state index contributed by atoms with van der Waals surface area (Å²) in [5.74, 6) is 1.98. The Bertz CT molecular complexity index is 677. The zero-order chi connectivity index (χ0) is 20.3. The maximum absolute atomic E-state index is 4.68. The van der Waals surface area contributed by atoms with E-state index in [2.05, 4.69) is 61.4 Å². The summed E-state index contributed by atoms with van der Waals surface area (Å²) in [5, 5.41) is 0. The average Bonchev–Trinajstić information content (AvgIpc) is 2.78. The highest BCUT2D eigenvalue weighted by Crippen LogP contribution is 2.34. The van der Waals surface area contributed by atoms with Crippen LogP contribution in [0, 0.1) is 11.8 Å². The quantitative estimate of drug-likeness (QED) is 0.350. The van der Waals surface area contributed by atoms with Crippen molar-refractivity contribution in [2.75, 3.05) is 0 Å². The first kappa shape index (κ1) is 22.1. The third-order valence-corrected chi connectivity index (χ3v) is 6.92. The van der Waals surface area contributed by atoms with Crippen LogP contribution in [0.25, 0.3) is 11.3 Å². The van der Waals surface area contributed by atoms with Crippen molar-refractivity contribution in [3.05, 3.63) is 53.7 Å². The lowest BCUT2D eigenvalue weighted by atomic mass is 9.78. The summed E-state index contributed by atoms with van der Waals surface area (Å²) in [7, 11) is 0. The Balaban J connectivity index is 1.42. The van der Waals surface area contributed by atoms with Gasteiger partial charge >= 0.3 is 0 Å². The van der Waals surface area contributed by atoms with E-state index >= 15 is 0 Å². The molecular weight excluding hydrogens is 350 g/mol. The average molecular weight is 392 g/mol. The Morgan fingerprint density at radius 3 is 1.97 bits per heavy atom. The highest BCUT2D eigenvalue weighted by Gasteiger charge is 2.20. The van der Waals surface area contributed by atoms with Crippen molar-refractivity contribution in [1.82, 2.24) is 4.98 Å². The largest absolute Gasteiger partial charge is 0.256 e. The summed E-state index contributed by atoms with van der Waals surface area (Å²) in [6.07, 6.45) is 19.9. The fraction of sp³-hybridized carbons (Fsp3) is 0.607. The van der Waals surface area contributed by atoms with E-state index in [0.717, 1.165) is 24.0 Å². The fourth-order valence-corrected chi connectivity index (χ4v) is 4.83. The van der Waals surface area contributed by atoms with E-state index in [1.807, 2.05) is 0 Å². The first-order valence-electron chi connectivity index (χ1n) is 12.3. The molecule has 1 nitrogen and oxygen atoms in total. The van der Waals surface area contributed by atoms with E-state index in [-0.39, 0.29) is 0 Å². The second kappa shape index (κ2) is 12.2. The van der Waals surface area contributed by atoms with Gasteiger partial charge in [-0.3, -0.25) is 4.98 Å². The topological polar surface area (TPSA) is 12.9 Å². The lowest BCUT2D eigenvalue weighted by Crippen LogP contribution is -2.15. The van der Waals surface area contributed by atoms with Crippen LogP contribution in [0.2, 0.25) is 0 Å². The number of pyridine rings is 1. The molecular formula is C28H41N. The normalized spacial score (nSPS) is 19.4. The number of rotatable bonds is 11. The minimum absolute atomic E-state index is 0.953. The molecule has 0 N–H and O–H groups in total. The molecule has 1 aromatic carbocycles. The monoisotopic (exact) mass is 391 g/mol. The fourth-order valence-electron chi connectivity index (χ4n) is 4.83. The minimum atomic E-state index is 0.953. The van der Waals surface area contributed by atoms with Gasteiger partial charge in [0.1, 0.15) is 0 Å². The van der Waals surface area contributed by atoms with E-state index in [9.17, 15) is 0 Å². The van der Waals surface area contributed by atoms with Crippen LogP contribution < -0.4 is 0 Å². The third kappa shape index (κ3) is 7.28. The number of benzene rings is 1. The standard InChI is InChI=1S/C28H41N/c1-3-5-7-9-23-10-12-24(13-11-23)14-15-25-16-19-27(20-17-25)28-21-18-26(22-29-28)8-6-4-2/h16-24H,3-15H2,1-2H3. The number of hydrogen-bond donors (Lipinski definition) is 0. The summed E-state index contributed by atoms with van der Waals surface area (Å²) in [6.45, 7) is 4.55. The van der Waals surface area contributed by atoms with Crippen molar-refractivity contribution in [3.63, 3.8) is 0 Å². The zero-order valence-electron chi connectivity index (χ0n) is 18.8. The van der Waals surface area contributed by atoms with Gasteiger partial charge in [-0.1, -0.05) is 102 Å². The van der Waals surface area contributed by atoms with Crippen LogP contribution in [0.4, 0.5) is 0 Å².